The number of rotatable bonds is 8. The van der Waals surface area contributed by atoms with E-state index in [1.54, 1.807) is 0 Å². The number of amides is 1. The van der Waals surface area contributed by atoms with Crippen molar-refractivity contribution in [2.75, 3.05) is 13.2 Å². The number of halogens is 3. The Morgan fingerprint density at radius 1 is 0.972 bits per heavy atom. The molecule has 4 rings (SSSR count). The van der Waals surface area contributed by atoms with Gasteiger partial charge in [0.05, 0.1) is 18.3 Å². The molecule has 0 bridgehead atoms. The van der Waals surface area contributed by atoms with Gasteiger partial charge in [0.15, 0.2) is 0 Å². The van der Waals surface area contributed by atoms with E-state index in [-0.39, 0.29) is 36.6 Å². The van der Waals surface area contributed by atoms with Gasteiger partial charge in [0.2, 0.25) is 0 Å². The van der Waals surface area contributed by atoms with Gasteiger partial charge in [-0.1, -0.05) is 54.6 Å². The van der Waals surface area contributed by atoms with Gasteiger partial charge in [-0.05, 0) is 51.9 Å². The summed E-state index contributed by atoms with van der Waals surface area (Å²) in [7, 11) is 0. The Labute approximate surface area is 206 Å². The fraction of sp³-hybridized carbons (Fsp3) is 0.296. The number of nitrogens with one attached hydrogen (secondary N) is 1. The smallest absolute Gasteiger partial charge is 0.416 e. The zero-order chi connectivity index (χ0) is 25.9. The first-order valence-corrected chi connectivity index (χ1v) is 11.5. The molecule has 1 aliphatic rings. The molecule has 3 aromatic carbocycles. The van der Waals surface area contributed by atoms with Crippen LogP contribution in [-0.4, -0.2) is 40.7 Å². The summed E-state index contributed by atoms with van der Waals surface area (Å²) in [6.07, 6.45) is -8.31. The van der Waals surface area contributed by atoms with Crippen LogP contribution in [0.5, 0.6) is 0 Å². The first-order valence-electron chi connectivity index (χ1n) is 11.5. The standard InChI is InChI=1S/C27H26F3NO5/c28-27(29,30)17-9-10-18(16(13-17)14-32)25(34)24(33)11-12-31-26(35)36-15-23-21-7-3-1-5-19(21)20-6-2-4-8-22(20)23/h1-10,13,23-25,32-34H,11-12,14-15H2,(H,31,35). The van der Waals surface area contributed by atoms with E-state index in [2.05, 4.69) is 5.32 Å². The van der Waals surface area contributed by atoms with Crippen LogP contribution in [0.15, 0.2) is 66.7 Å². The number of aliphatic hydroxyl groups is 3. The van der Waals surface area contributed by atoms with Crippen molar-refractivity contribution in [2.24, 2.45) is 0 Å². The molecule has 36 heavy (non-hydrogen) atoms. The number of hydrogen-bond donors (Lipinski definition) is 4. The molecule has 1 amide bonds. The highest BCUT2D eigenvalue weighted by atomic mass is 19.4. The number of fused-ring (bicyclic) bond motifs is 3. The van der Waals surface area contributed by atoms with E-state index in [0.717, 1.165) is 40.5 Å². The third-order valence-corrected chi connectivity index (χ3v) is 6.38. The lowest BCUT2D eigenvalue weighted by Gasteiger charge is -2.21. The van der Waals surface area contributed by atoms with E-state index >= 15 is 0 Å². The molecule has 0 aromatic heterocycles. The molecule has 0 saturated heterocycles. The summed E-state index contributed by atoms with van der Waals surface area (Å²) in [5, 5.41) is 32.7. The molecule has 6 nitrogen and oxygen atoms in total. The van der Waals surface area contributed by atoms with E-state index in [1.165, 1.54) is 0 Å². The molecule has 3 aromatic rings. The van der Waals surface area contributed by atoms with Crippen molar-refractivity contribution < 1.29 is 38.0 Å². The molecule has 2 atom stereocenters. The number of alkyl carbamates (subject to hydrolysis) is 1. The Bertz CT molecular complexity index is 1180. The molecule has 0 spiro atoms. The van der Waals surface area contributed by atoms with Crippen LogP contribution in [0.2, 0.25) is 0 Å². The summed E-state index contributed by atoms with van der Waals surface area (Å²) in [5.74, 6) is -0.105. The largest absolute Gasteiger partial charge is 0.449 e. The number of hydrogen-bond acceptors (Lipinski definition) is 5. The molecule has 0 aliphatic heterocycles. The predicted octanol–water partition coefficient (Wildman–Crippen LogP) is 4.52. The van der Waals surface area contributed by atoms with Crippen LogP contribution < -0.4 is 5.32 Å². The van der Waals surface area contributed by atoms with Gasteiger partial charge in [0, 0.05) is 12.5 Å². The van der Waals surface area contributed by atoms with E-state index in [0.29, 0.717) is 0 Å². The van der Waals surface area contributed by atoms with Crippen LogP contribution in [0.25, 0.3) is 11.1 Å². The minimum atomic E-state index is -4.60. The molecule has 0 heterocycles. The zero-order valence-electron chi connectivity index (χ0n) is 19.2. The average molecular weight is 502 g/mol. The first kappa shape index (κ1) is 25.7. The lowest BCUT2D eigenvalue weighted by atomic mass is 9.95. The third kappa shape index (κ3) is 5.38. The monoisotopic (exact) mass is 501 g/mol. The number of benzene rings is 3. The van der Waals surface area contributed by atoms with Crippen LogP contribution in [0.3, 0.4) is 0 Å². The zero-order valence-corrected chi connectivity index (χ0v) is 19.2. The van der Waals surface area contributed by atoms with Gasteiger partial charge in [-0.2, -0.15) is 13.2 Å². The Morgan fingerprint density at radius 3 is 2.17 bits per heavy atom. The van der Waals surface area contributed by atoms with Gasteiger partial charge in [-0.15, -0.1) is 0 Å². The fourth-order valence-corrected chi connectivity index (χ4v) is 4.54. The molecule has 4 N–H and O–H groups in total. The lowest BCUT2D eigenvalue weighted by Crippen LogP contribution is -2.31. The van der Waals surface area contributed by atoms with Gasteiger partial charge in [0.1, 0.15) is 12.7 Å². The van der Waals surface area contributed by atoms with Crippen molar-refractivity contribution in [3.05, 3.63) is 94.5 Å². The first-order chi connectivity index (χ1) is 17.2. The van der Waals surface area contributed by atoms with Gasteiger partial charge in [-0.3, -0.25) is 0 Å². The molecular weight excluding hydrogens is 475 g/mol. The van der Waals surface area contributed by atoms with Crippen LogP contribution in [-0.2, 0) is 17.5 Å². The summed E-state index contributed by atoms with van der Waals surface area (Å²) in [6.45, 7) is -0.651. The van der Waals surface area contributed by atoms with Crippen LogP contribution >= 0.6 is 0 Å². The third-order valence-electron chi connectivity index (χ3n) is 6.38. The van der Waals surface area contributed by atoms with Crippen molar-refractivity contribution in [1.82, 2.24) is 5.32 Å². The molecular formula is C27H26F3NO5. The van der Waals surface area contributed by atoms with E-state index in [1.807, 2.05) is 48.5 Å². The number of ether oxygens (including phenoxy) is 1. The highest BCUT2D eigenvalue weighted by molar-refractivity contribution is 5.79. The Hall–Kier alpha value is -3.40. The summed E-state index contributed by atoms with van der Waals surface area (Å²) in [5.41, 5.74) is 3.23. The maximum atomic E-state index is 12.9. The maximum Gasteiger partial charge on any atom is 0.416 e. The number of carbonyl (C=O) groups excluding carboxylic acids is 1. The van der Waals surface area contributed by atoms with Crippen LogP contribution in [0, 0.1) is 0 Å². The lowest BCUT2D eigenvalue weighted by molar-refractivity contribution is -0.137. The highest BCUT2D eigenvalue weighted by Gasteiger charge is 2.32. The quantitative estimate of drug-likeness (QED) is 0.364. The van der Waals surface area contributed by atoms with E-state index in [9.17, 15) is 33.3 Å². The number of carbonyl (C=O) groups is 1. The van der Waals surface area contributed by atoms with Gasteiger partial charge in [0.25, 0.3) is 0 Å². The van der Waals surface area contributed by atoms with Crippen molar-refractivity contribution in [2.45, 2.75) is 37.3 Å². The van der Waals surface area contributed by atoms with Gasteiger partial charge in [-0.25, -0.2) is 4.79 Å². The molecule has 2 unspecified atom stereocenters. The van der Waals surface area contributed by atoms with E-state index in [4.69, 9.17) is 4.74 Å². The predicted molar refractivity (Wildman–Crippen MR) is 126 cm³/mol. The van der Waals surface area contributed by atoms with E-state index < -0.39 is 36.6 Å². The Balaban J connectivity index is 1.30. The molecule has 1 aliphatic carbocycles. The Morgan fingerprint density at radius 2 is 1.58 bits per heavy atom. The molecule has 0 radical (unpaired) electrons. The second-order valence-corrected chi connectivity index (χ2v) is 8.62. The second-order valence-electron chi connectivity index (χ2n) is 8.62. The normalized spacial score (nSPS) is 14.6. The average Bonchev–Trinajstić information content (AvgIpc) is 3.19. The van der Waals surface area contributed by atoms with Crippen molar-refractivity contribution in [1.29, 1.82) is 0 Å². The second kappa shape index (κ2) is 10.7. The molecule has 9 heteroatoms. The van der Waals surface area contributed by atoms with Crippen molar-refractivity contribution in [3.8, 4) is 11.1 Å². The van der Waals surface area contributed by atoms with Crippen LogP contribution in [0.1, 0.15) is 46.3 Å². The summed E-state index contributed by atoms with van der Waals surface area (Å²) in [4.78, 5) is 12.3. The summed E-state index contributed by atoms with van der Waals surface area (Å²) >= 11 is 0. The highest BCUT2D eigenvalue weighted by Crippen LogP contribution is 2.44. The van der Waals surface area contributed by atoms with Crippen molar-refractivity contribution in [3.63, 3.8) is 0 Å². The number of aliphatic hydroxyl groups excluding tert-OH is 3. The van der Waals surface area contributed by atoms with Gasteiger partial charge < -0.3 is 25.4 Å². The Kier molecular flexibility index (Phi) is 7.63. The summed E-state index contributed by atoms with van der Waals surface area (Å²) in [6, 6.07) is 18.4. The van der Waals surface area contributed by atoms with Crippen LogP contribution in [0.4, 0.5) is 18.0 Å². The molecule has 190 valence electrons. The molecule has 0 saturated carbocycles. The minimum absolute atomic E-state index is 0.0147. The maximum absolute atomic E-state index is 12.9. The van der Waals surface area contributed by atoms with Crippen molar-refractivity contribution >= 4 is 6.09 Å². The number of alkyl halides is 3. The SMILES string of the molecule is O=C(NCCC(O)C(O)c1ccc(C(F)(F)F)cc1CO)OCC1c2ccccc2-c2ccccc21. The van der Waals surface area contributed by atoms with Gasteiger partial charge >= 0.3 is 12.3 Å². The fourth-order valence-electron chi connectivity index (χ4n) is 4.54. The topological polar surface area (TPSA) is 99.0 Å². The summed E-state index contributed by atoms with van der Waals surface area (Å²) < 4.78 is 44.1. The molecule has 0 fully saturated rings. The minimum Gasteiger partial charge on any atom is -0.449 e.